The number of fused-ring (bicyclic) bond motifs is 5. The smallest absolute Gasteiger partial charge is 0.293 e. The van der Waals surface area contributed by atoms with Crippen molar-refractivity contribution in [1.82, 2.24) is 9.55 Å². The van der Waals surface area contributed by atoms with Crippen LogP contribution >= 0.6 is 0 Å². The molecule has 0 aromatic carbocycles. The standard InChI is InChI=1S/C15H21N3O/c1-8(2)18-6-5-16-14(15(18)19)17-13-11-9-3-4-10(7-9)12(11)13/h5-6,8-13H,3-4,7H2,1-2H3,(H,16,17). The highest BCUT2D eigenvalue weighted by molar-refractivity contribution is 5.38. The van der Waals surface area contributed by atoms with E-state index in [-0.39, 0.29) is 11.6 Å². The Hall–Kier alpha value is -1.32. The quantitative estimate of drug-likeness (QED) is 0.906. The van der Waals surface area contributed by atoms with Crippen LogP contribution in [0.4, 0.5) is 5.82 Å². The fourth-order valence-electron chi connectivity index (χ4n) is 4.61. The molecule has 1 heterocycles. The summed E-state index contributed by atoms with van der Waals surface area (Å²) in [6.45, 7) is 4.05. The number of hydrogen-bond acceptors (Lipinski definition) is 3. The van der Waals surface area contributed by atoms with Crippen LogP contribution in [0.15, 0.2) is 17.2 Å². The van der Waals surface area contributed by atoms with Gasteiger partial charge < -0.3 is 9.88 Å². The van der Waals surface area contributed by atoms with E-state index in [9.17, 15) is 4.79 Å². The molecule has 1 aromatic heterocycles. The van der Waals surface area contributed by atoms with E-state index >= 15 is 0 Å². The van der Waals surface area contributed by atoms with E-state index in [1.807, 2.05) is 13.8 Å². The molecule has 3 saturated carbocycles. The Bertz CT molecular complexity index is 549. The summed E-state index contributed by atoms with van der Waals surface area (Å²) in [5.41, 5.74) is 0.0230. The highest BCUT2D eigenvalue weighted by Gasteiger charge is 2.65. The minimum Gasteiger partial charge on any atom is -0.362 e. The third-order valence-corrected chi connectivity index (χ3v) is 5.46. The second kappa shape index (κ2) is 3.84. The third-order valence-electron chi connectivity index (χ3n) is 5.46. The minimum atomic E-state index is 0.0230. The lowest BCUT2D eigenvalue weighted by Gasteiger charge is -2.13. The lowest BCUT2D eigenvalue weighted by molar-refractivity contribution is 0.456. The zero-order valence-corrected chi connectivity index (χ0v) is 11.5. The molecule has 4 atom stereocenters. The molecule has 3 aliphatic rings. The highest BCUT2D eigenvalue weighted by Crippen LogP contribution is 2.66. The number of nitrogens with zero attached hydrogens (tertiary/aromatic N) is 2. The number of nitrogens with one attached hydrogen (secondary N) is 1. The molecule has 0 saturated heterocycles. The minimum absolute atomic E-state index is 0.0230. The molecule has 0 aliphatic heterocycles. The first-order chi connectivity index (χ1) is 9.16. The van der Waals surface area contributed by atoms with Crippen molar-refractivity contribution in [3.63, 3.8) is 0 Å². The zero-order valence-electron chi connectivity index (χ0n) is 11.5. The summed E-state index contributed by atoms with van der Waals surface area (Å²) in [6, 6.07) is 0.709. The molecule has 1 aromatic rings. The van der Waals surface area contributed by atoms with Gasteiger partial charge in [0.1, 0.15) is 0 Å². The second-order valence-electron chi connectivity index (χ2n) is 6.74. The van der Waals surface area contributed by atoms with Gasteiger partial charge in [0.05, 0.1) is 0 Å². The second-order valence-corrected chi connectivity index (χ2v) is 6.74. The normalized spacial score (nSPS) is 38.6. The van der Waals surface area contributed by atoms with E-state index in [1.54, 1.807) is 17.0 Å². The maximum atomic E-state index is 12.3. The molecule has 3 aliphatic carbocycles. The first kappa shape index (κ1) is 11.5. The molecular formula is C15H21N3O. The van der Waals surface area contributed by atoms with Crippen LogP contribution in [-0.2, 0) is 0 Å². The van der Waals surface area contributed by atoms with Crippen LogP contribution < -0.4 is 10.9 Å². The lowest BCUT2D eigenvalue weighted by atomic mass is 10.0. The van der Waals surface area contributed by atoms with E-state index in [4.69, 9.17) is 0 Å². The van der Waals surface area contributed by atoms with Gasteiger partial charge in [-0.3, -0.25) is 4.79 Å². The molecule has 19 heavy (non-hydrogen) atoms. The Labute approximate surface area is 113 Å². The highest BCUT2D eigenvalue weighted by atomic mass is 16.1. The van der Waals surface area contributed by atoms with E-state index in [0.29, 0.717) is 11.9 Å². The van der Waals surface area contributed by atoms with Gasteiger partial charge in [-0.2, -0.15) is 0 Å². The maximum Gasteiger partial charge on any atom is 0.293 e. The van der Waals surface area contributed by atoms with Gasteiger partial charge in [-0.05, 0) is 56.8 Å². The zero-order chi connectivity index (χ0) is 13.1. The summed E-state index contributed by atoms with van der Waals surface area (Å²) in [7, 11) is 0. The summed E-state index contributed by atoms with van der Waals surface area (Å²) >= 11 is 0. The fraction of sp³-hybridized carbons (Fsp3) is 0.733. The SMILES string of the molecule is CC(C)n1ccnc(NC2C3C4CCC(C4)C23)c1=O. The van der Waals surface area contributed by atoms with E-state index in [0.717, 1.165) is 23.7 Å². The van der Waals surface area contributed by atoms with Crippen molar-refractivity contribution in [1.29, 1.82) is 0 Å². The Morgan fingerprint density at radius 1 is 1.32 bits per heavy atom. The summed E-state index contributed by atoms with van der Waals surface area (Å²) < 4.78 is 1.75. The van der Waals surface area contributed by atoms with Crippen molar-refractivity contribution in [3.05, 3.63) is 22.7 Å². The molecule has 1 N–H and O–H groups in total. The van der Waals surface area contributed by atoms with Crippen molar-refractivity contribution in [2.75, 3.05) is 5.32 Å². The van der Waals surface area contributed by atoms with Crippen LogP contribution in [0.5, 0.6) is 0 Å². The molecular weight excluding hydrogens is 238 g/mol. The Morgan fingerprint density at radius 3 is 2.63 bits per heavy atom. The molecule has 4 heteroatoms. The average Bonchev–Trinajstić information content (AvgIpc) is 2.79. The Morgan fingerprint density at radius 2 is 2.00 bits per heavy atom. The summed E-state index contributed by atoms with van der Waals surface area (Å²) in [5.74, 6) is 4.04. The van der Waals surface area contributed by atoms with Crippen molar-refractivity contribution >= 4 is 5.82 Å². The van der Waals surface area contributed by atoms with Crippen LogP contribution in [0.1, 0.15) is 39.2 Å². The average molecular weight is 259 g/mol. The number of rotatable bonds is 3. The molecule has 0 amide bonds. The van der Waals surface area contributed by atoms with Crippen LogP contribution in [-0.4, -0.2) is 15.6 Å². The molecule has 4 nitrogen and oxygen atoms in total. The summed E-state index contributed by atoms with van der Waals surface area (Å²) in [4.78, 5) is 16.6. The molecule has 102 valence electrons. The summed E-state index contributed by atoms with van der Waals surface area (Å²) in [5, 5.41) is 3.44. The summed E-state index contributed by atoms with van der Waals surface area (Å²) in [6.07, 6.45) is 7.75. The first-order valence-corrected chi connectivity index (χ1v) is 7.50. The third kappa shape index (κ3) is 1.58. The first-order valence-electron chi connectivity index (χ1n) is 7.50. The lowest BCUT2D eigenvalue weighted by Crippen LogP contribution is -2.27. The van der Waals surface area contributed by atoms with Gasteiger partial charge in [0.15, 0.2) is 5.82 Å². The topological polar surface area (TPSA) is 46.9 Å². The number of aromatic nitrogens is 2. The van der Waals surface area contributed by atoms with Gasteiger partial charge in [0.2, 0.25) is 0 Å². The van der Waals surface area contributed by atoms with Gasteiger partial charge in [0.25, 0.3) is 5.56 Å². The van der Waals surface area contributed by atoms with Crippen molar-refractivity contribution < 1.29 is 0 Å². The van der Waals surface area contributed by atoms with Crippen molar-refractivity contribution in [2.45, 2.75) is 45.2 Å². The van der Waals surface area contributed by atoms with Crippen molar-refractivity contribution in [2.24, 2.45) is 23.7 Å². The predicted octanol–water partition coefficient (Wildman–Crippen LogP) is 2.28. The van der Waals surface area contributed by atoms with Gasteiger partial charge in [0, 0.05) is 24.5 Å². The Kier molecular flexibility index (Phi) is 2.32. The van der Waals surface area contributed by atoms with Crippen LogP contribution in [0.2, 0.25) is 0 Å². The maximum absolute atomic E-state index is 12.3. The van der Waals surface area contributed by atoms with Crippen molar-refractivity contribution in [3.8, 4) is 0 Å². The van der Waals surface area contributed by atoms with E-state index in [1.165, 1.54) is 19.3 Å². The van der Waals surface area contributed by atoms with Gasteiger partial charge in [-0.1, -0.05) is 0 Å². The van der Waals surface area contributed by atoms with Gasteiger partial charge in [-0.15, -0.1) is 0 Å². The largest absolute Gasteiger partial charge is 0.362 e. The molecule has 3 fully saturated rings. The van der Waals surface area contributed by atoms with Gasteiger partial charge in [-0.25, -0.2) is 4.98 Å². The molecule has 2 bridgehead atoms. The fourth-order valence-corrected chi connectivity index (χ4v) is 4.61. The van der Waals surface area contributed by atoms with Gasteiger partial charge >= 0.3 is 0 Å². The molecule has 0 spiro atoms. The number of anilines is 1. The van der Waals surface area contributed by atoms with E-state index in [2.05, 4.69) is 10.3 Å². The number of hydrogen-bond donors (Lipinski definition) is 1. The van der Waals surface area contributed by atoms with Crippen LogP contribution in [0.3, 0.4) is 0 Å². The monoisotopic (exact) mass is 259 g/mol. The van der Waals surface area contributed by atoms with Crippen LogP contribution in [0.25, 0.3) is 0 Å². The predicted molar refractivity (Wildman–Crippen MR) is 74.1 cm³/mol. The molecule has 4 unspecified atom stereocenters. The molecule has 0 radical (unpaired) electrons. The van der Waals surface area contributed by atoms with Crippen LogP contribution in [0, 0.1) is 23.7 Å². The Balaban J connectivity index is 1.56. The molecule has 4 rings (SSSR count). The van der Waals surface area contributed by atoms with E-state index < -0.39 is 0 Å².